The number of aromatic hydroxyl groups is 1. The van der Waals surface area contributed by atoms with Crippen LogP contribution in [0.15, 0.2) is 55.2 Å². The smallest absolute Gasteiger partial charge is 0.266 e. The molecule has 0 aromatic heterocycles. The lowest BCUT2D eigenvalue weighted by Gasteiger charge is -2.28. The molecule has 2 aliphatic rings. The maximum atomic E-state index is 12.7. The summed E-state index contributed by atoms with van der Waals surface area (Å²) in [6, 6.07) is 11.6. The third kappa shape index (κ3) is 4.59. The monoisotopic (exact) mass is 551 g/mol. The maximum Gasteiger partial charge on any atom is 0.266 e. The van der Waals surface area contributed by atoms with Gasteiger partial charge < -0.3 is 14.7 Å². The van der Waals surface area contributed by atoms with Crippen LogP contribution >= 0.6 is 43.6 Å². The maximum absolute atomic E-state index is 12.7. The average Bonchev–Trinajstić information content (AvgIpc) is 3.01. The van der Waals surface area contributed by atoms with E-state index in [0.717, 1.165) is 43.2 Å². The average molecular weight is 553 g/mol. The van der Waals surface area contributed by atoms with Crippen LogP contribution in [0.25, 0.3) is 6.08 Å². The first-order chi connectivity index (χ1) is 14.4. The summed E-state index contributed by atoms with van der Waals surface area (Å²) in [6.45, 7) is 3.27. The summed E-state index contributed by atoms with van der Waals surface area (Å²) < 4.78 is 6.51. The molecule has 2 saturated heterocycles. The molecule has 2 fully saturated rings. The molecule has 2 heterocycles. The second-order valence-electron chi connectivity index (χ2n) is 6.82. The molecule has 2 aromatic carbocycles. The number of likely N-dealkylation sites (N-methyl/N-ethyl adjacent to an activating group) is 1. The first kappa shape index (κ1) is 21.4. The number of amidine groups is 1. The largest absolute Gasteiger partial charge is 0.506 e. The molecule has 156 valence electrons. The van der Waals surface area contributed by atoms with E-state index in [9.17, 15) is 9.90 Å². The van der Waals surface area contributed by atoms with Crippen molar-refractivity contribution in [1.29, 1.82) is 0 Å². The fourth-order valence-electron chi connectivity index (χ4n) is 3.14. The van der Waals surface area contributed by atoms with Gasteiger partial charge in [0.25, 0.3) is 5.91 Å². The van der Waals surface area contributed by atoms with Gasteiger partial charge in [0.15, 0.2) is 5.17 Å². The number of ether oxygens (including phenoxy) is 1. The summed E-state index contributed by atoms with van der Waals surface area (Å²) >= 11 is 7.97. The predicted molar refractivity (Wildman–Crippen MR) is 128 cm³/mol. The van der Waals surface area contributed by atoms with Gasteiger partial charge >= 0.3 is 0 Å². The zero-order valence-electron chi connectivity index (χ0n) is 16.1. The van der Waals surface area contributed by atoms with Gasteiger partial charge in [-0.15, -0.1) is 0 Å². The van der Waals surface area contributed by atoms with Gasteiger partial charge in [-0.2, -0.15) is 0 Å². The van der Waals surface area contributed by atoms with Crippen molar-refractivity contribution in [3.05, 3.63) is 55.8 Å². The molecule has 0 atom stereocenters. The van der Waals surface area contributed by atoms with Gasteiger partial charge in [0.2, 0.25) is 0 Å². The molecule has 0 radical (unpaired) electrons. The first-order valence-electron chi connectivity index (χ1n) is 9.29. The van der Waals surface area contributed by atoms with Crippen molar-refractivity contribution < 1.29 is 14.6 Å². The Kier molecular flexibility index (Phi) is 6.52. The third-order valence-electron chi connectivity index (χ3n) is 4.79. The molecule has 1 amide bonds. The highest BCUT2D eigenvalue weighted by Crippen LogP contribution is 2.37. The molecule has 0 bridgehead atoms. The van der Waals surface area contributed by atoms with E-state index in [1.807, 2.05) is 12.1 Å². The van der Waals surface area contributed by atoms with E-state index in [1.54, 1.807) is 30.2 Å². The highest BCUT2D eigenvalue weighted by Gasteiger charge is 2.30. The van der Waals surface area contributed by atoms with Crippen LogP contribution in [0.5, 0.6) is 5.75 Å². The minimum Gasteiger partial charge on any atom is -0.506 e. The van der Waals surface area contributed by atoms with Gasteiger partial charge in [-0.1, -0.05) is 0 Å². The Morgan fingerprint density at radius 2 is 1.77 bits per heavy atom. The number of hydrogen-bond donors (Lipinski definition) is 1. The summed E-state index contributed by atoms with van der Waals surface area (Å²) in [6.07, 6.45) is 1.79. The van der Waals surface area contributed by atoms with Crippen molar-refractivity contribution >= 4 is 72.1 Å². The Labute approximate surface area is 195 Å². The molecule has 30 heavy (non-hydrogen) atoms. The van der Waals surface area contributed by atoms with Crippen molar-refractivity contribution in [2.24, 2.45) is 4.99 Å². The van der Waals surface area contributed by atoms with E-state index in [0.29, 0.717) is 19.0 Å². The highest BCUT2D eigenvalue weighted by atomic mass is 79.9. The van der Waals surface area contributed by atoms with Crippen molar-refractivity contribution in [3.8, 4) is 5.75 Å². The molecule has 0 spiro atoms. The fraction of sp³-hybridized carbons (Fsp3) is 0.238. The fourth-order valence-corrected chi connectivity index (χ4v) is 5.35. The second-order valence-corrected chi connectivity index (χ2v) is 9.54. The van der Waals surface area contributed by atoms with Crippen LogP contribution in [0.3, 0.4) is 0 Å². The number of nitrogens with zero attached hydrogens (tertiary/aromatic N) is 3. The molecule has 6 nitrogen and oxygen atoms in total. The number of amides is 1. The lowest BCUT2D eigenvalue weighted by atomic mass is 10.2. The van der Waals surface area contributed by atoms with Gasteiger partial charge in [-0.25, -0.2) is 4.99 Å². The molecule has 2 aliphatic heterocycles. The van der Waals surface area contributed by atoms with E-state index in [1.165, 1.54) is 11.8 Å². The van der Waals surface area contributed by atoms with E-state index >= 15 is 0 Å². The predicted octanol–water partition coefficient (Wildman–Crippen LogP) is 4.99. The molecule has 0 unspecified atom stereocenters. The van der Waals surface area contributed by atoms with E-state index in [2.05, 4.69) is 53.9 Å². The number of phenolic OH excluding ortho intramolecular Hbond substituents is 1. The van der Waals surface area contributed by atoms with Gasteiger partial charge in [0.1, 0.15) is 5.75 Å². The summed E-state index contributed by atoms with van der Waals surface area (Å²) in [5.41, 5.74) is 2.74. The Morgan fingerprint density at radius 1 is 1.13 bits per heavy atom. The number of carbonyl (C=O) groups is 1. The number of carbonyl (C=O) groups excluding carboxylic acids is 1. The first-order valence-corrected chi connectivity index (χ1v) is 11.7. The number of anilines is 1. The molecule has 0 aliphatic carbocycles. The molecule has 2 aromatic rings. The van der Waals surface area contributed by atoms with Crippen LogP contribution in [0.1, 0.15) is 5.56 Å². The number of phenols is 1. The van der Waals surface area contributed by atoms with Crippen LogP contribution in [0.2, 0.25) is 0 Å². The minimum atomic E-state index is -0.107. The number of thioether (sulfide) groups is 1. The van der Waals surface area contributed by atoms with Crippen LogP contribution in [0.4, 0.5) is 11.4 Å². The zero-order chi connectivity index (χ0) is 21.3. The SMILES string of the molecule is CN1C(=O)/C(=C/c2cc(Br)c(O)c(Br)c2)SC1=Nc1ccc(N2CCOCC2)cc1. The minimum absolute atomic E-state index is 0.107. The Morgan fingerprint density at radius 3 is 2.40 bits per heavy atom. The second kappa shape index (κ2) is 9.13. The van der Waals surface area contributed by atoms with Crippen molar-refractivity contribution in [1.82, 2.24) is 4.90 Å². The number of aliphatic imine (C=N–C) groups is 1. The number of morpholine rings is 1. The Balaban J connectivity index is 1.54. The summed E-state index contributed by atoms with van der Waals surface area (Å²) in [4.78, 5) is 21.7. The van der Waals surface area contributed by atoms with E-state index in [-0.39, 0.29) is 11.7 Å². The standard InChI is InChI=1S/C21H19Br2N3O3S/c1-25-20(28)18(12-13-10-16(22)19(27)17(23)11-13)30-21(25)24-14-2-4-15(5-3-14)26-6-8-29-9-7-26/h2-5,10-12,27H,6-9H2,1H3/b18-12-,24-21?. The highest BCUT2D eigenvalue weighted by molar-refractivity contribution is 9.11. The summed E-state index contributed by atoms with van der Waals surface area (Å²) in [5.74, 6) is 0.0199. The molecule has 1 N–H and O–H groups in total. The Hall–Kier alpha value is -1.81. The quantitative estimate of drug-likeness (QED) is 0.544. The van der Waals surface area contributed by atoms with Crippen molar-refractivity contribution in [2.75, 3.05) is 38.3 Å². The number of benzene rings is 2. The van der Waals surface area contributed by atoms with Gasteiger partial charge in [0, 0.05) is 25.8 Å². The van der Waals surface area contributed by atoms with Crippen molar-refractivity contribution in [3.63, 3.8) is 0 Å². The lowest BCUT2D eigenvalue weighted by Crippen LogP contribution is -2.36. The topological polar surface area (TPSA) is 65.4 Å². The van der Waals surface area contributed by atoms with Crippen LogP contribution in [-0.4, -0.2) is 54.4 Å². The summed E-state index contributed by atoms with van der Waals surface area (Å²) in [7, 11) is 1.72. The van der Waals surface area contributed by atoms with Gasteiger partial charge in [-0.3, -0.25) is 9.69 Å². The third-order valence-corrected chi connectivity index (χ3v) is 7.06. The molecule has 0 saturated carbocycles. The van der Waals surface area contributed by atoms with Crippen molar-refractivity contribution in [2.45, 2.75) is 0 Å². The Bertz CT molecular complexity index is 1010. The number of halogens is 2. The zero-order valence-corrected chi connectivity index (χ0v) is 20.1. The lowest BCUT2D eigenvalue weighted by molar-refractivity contribution is -0.121. The van der Waals surface area contributed by atoms with E-state index in [4.69, 9.17) is 4.74 Å². The molecule has 9 heteroatoms. The van der Waals surface area contributed by atoms with Crippen LogP contribution in [0, 0.1) is 0 Å². The van der Waals surface area contributed by atoms with Crippen LogP contribution < -0.4 is 4.90 Å². The normalized spacial score (nSPS) is 19.9. The van der Waals surface area contributed by atoms with Gasteiger partial charge in [-0.05, 0) is 91.7 Å². The van der Waals surface area contributed by atoms with Crippen LogP contribution in [-0.2, 0) is 9.53 Å². The molecular weight excluding hydrogens is 534 g/mol. The van der Waals surface area contributed by atoms with E-state index < -0.39 is 0 Å². The molecular formula is C21H19Br2N3O3S. The number of hydrogen-bond acceptors (Lipinski definition) is 6. The number of rotatable bonds is 3. The summed E-state index contributed by atoms with van der Waals surface area (Å²) in [5, 5.41) is 10.5. The molecule has 4 rings (SSSR count). The van der Waals surface area contributed by atoms with Gasteiger partial charge in [0.05, 0.1) is 32.8 Å².